The van der Waals surface area contributed by atoms with Crippen LogP contribution in [0.3, 0.4) is 0 Å². The zero-order chi connectivity index (χ0) is 86.7. The third kappa shape index (κ3) is 28.1. The standard InChI is InChI=1S/C81H140N18O16/c1-22-81(21,72(113)85-53(43-49(2)3)48-96-39-30-38-95-37-29-34-62(95)96)92-64(105)55(45-51(6)7)86-60(102)46-84-68(109)75(9,10)89-66(107)57-32-25-28-42-99(57)74(115)80(19,20)94-70(111)77(13,14)88-61(103)47-83-59(101)35-36-82-63(104)54(44-50(4)5)87-69(110)76(11,12)93-71(112)78(15,16)90-67(108)58-33-24-27-41-98(58)73(114)79(17,18)91-65(106)56-31-23-26-40-97(56)52(8)100/h49-51,53-58,62H,22-48H2,1-21H3,(H,82,104)(H,83,101)(H,84,109)(H,85,113)(H,86,102)(H,87,110)(H,88,103)(H,89,107)(H,90,108)(H,91,106)(H,92,105)(H,93,112)(H,94,111)/p+1. The van der Waals surface area contributed by atoms with Gasteiger partial charge in [0, 0.05) is 77.9 Å². The van der Waals surface area contributed by atoms with E-state index in [1.807, 2.05) is 34.6 Å². The average molecular weight is 1620 g/mol. The number of carbonyl (C=O) groups is 16. The number of hydrogen-bond donors (Lipinski definition) is 14. The van der Waals surface area contributed by atoms with Crippen LogP contribution in [-0.4, -0.2) is 261 Å². The van der Waals surface area contributed by atoms with Crippen LogP contribution in [0.25, 0.3) is 0 Å². The molecule has 5 aliphatic heterocycles. The number of likely N-dealkylation sites (tertiary alicyclic amines) is 3. The van der Waals surface area contributed by atoms with Crippen molar-refractivity contribution < 1.29 is 81.6 Å². The molecule has 9 unspecified atom stereocenters. The van der Waals surface area contributed by atoms with Gasteiger partial charge in [0.1, 0.15) is 75.1 Å². The third-order valence-corrected chi connectivity index (χ3v) is 22.5. The highest BCUT2D eigenvalue weighted by Crippen LogP contribution is 2.27. The maximum atomic E-state index is 14.4. The van der Waals surface area contributed by atoms with Crippen molar-refractivity contribution in [2.75, 3.05) is 65.4 Å². The summed E-state index contributed by atoms with van der Waals surface area (Å²) in [4.78, 5) is 229. The lowest BCUT2D eigenvalue weighted by Crippen LogP contribution is -3.16. The molecule has 34 heteroatoms. The van der Waals surface area contributed by atoms with Gasteiger partial charge in [-0.25, -0.2) is 0 Å². The molecule has 0 saturated carbocycles. The molecule has 5 saturated heterocycles. The van der Waals surface area contributed by atoms with Gasteiger partial charge in [0.2, 0.25) is 94.5 Å². The Morgan fingerprint density at radius 3 is 1.33 bits per heavy atom. The van der Waals surface area contributed by atoms with Crippen LogP contribution in [0.15, 0.2) is 0 Å². The molecule has 9 atom stereocenters. The number of nitrogens with zero attached hydrogens (tertiary/aromatic N) is 4. The Kier molecular flexibility index (Phi) is 35.0. The smallest absolute Gasteiger partial charge is 0.248 e. The molecule has 115 heavy (non-hydrogen) atoms. The third-order valence-electron chi connectivity index (χ3n) is 22.5. The van der Waals surface area contributed by atoms with E-state index in [0.717, 1.165) is 51.7 Å². The quantitative estimate of drug-likeness (QED) is 0.0382. The van der Waals surface area contributed by atoms with Crippen LogP contribution in [0, 0.1) is 17.8 Å². The summed E-state index contributed by atoms with van der Waals surface area (Å²) in [5.74, 6) is -9.69. The second-order valence-corrected chi connectivity index (χ2v) is 37.0. The summed E-state index contributed by atoms with van der Waals surface area (Å²) in [7, 11) is 0. The molecule has 5 heterocycles. The molecule has 0 aromatic rings. The number of carbonyl (C=O) groups excluding carboxylic acids is 16. The minimum Gasteiger partial charge on any atom is -0.354 e. The number of quaternary nitrogens is 1. The van der Waals surface area contributed by atoms with Crippen LogP contribution in [0.1, 0.15) is 255 Å². The van der Waals surface area contributed by atoms with Gasteiger partial charge < -0.3 is 88.7 Å². The minimum atomic E-state index is -1.67. The fourth-order valence-corrected chi connectivity index (χ4v) is 15.6. The summed E-state index contributed by atoms with van der Waals surface area (Å²) in [5.41, 5.74) is -11.0. The van der Waals surface area contributed by atoms with E-state index in [-0.39, 0.29) is 87.9 Å². The summed E-state index contributed by atoms with van der Waals surface area (Å²) in [6, 6.07) is -5.15. The van der Waals surface area contributed by atoms with Crippen LogP contribution in [-0.2, 0) is 76.7 Å². The first-order valence-corrected chi connectivity index (χ1v) is 41.7. The van der Waals surface area contributed by atoms with Crippen molar-refractivity contribution in [3.63, 3.8) is 0 Å². The minimum absolute atomic E-state index is 0.0558. The highest BCUT2D eigenvalue weighted by molar-refractivity contribution is 6.02. The first kappa shape index (κ1) is 97.0. The van der Waals surface area contributed by atoms with Crippen molar-refractivity contribution in [3.8, 4) is 0 Å². The van der Waals surface area contributed by atoms with Gasteiger partial charge >= 0.3 is 0 Å². The monoisotopic (exact) mass is 1620 g/mol. The molecule has 14 N–H and O–H groups in total. The van der Waals surface area contributed by atoms with Crippen molar-refractivity contribution in [2.24, 2.45) is 17.8 Å². The van der Waals surface area contributed by atoms with Gasteiger partial charge in [0.05, 0.1) is 26.2 Å². The molecule has 0 bridgehead atoms. The maximum Gasteiger partial charge on any atom is 0.248 e. The van der Waals surface area contributed by atoms with Crippen LogP contribution in [0.5, 0.6) is 0 Å². The van der Waals surface area contributed by atoms with Gasteiger partial charge in [-0.2, -0.15) is 0 Å². The molecule has 650 valence electrons. The molecule has 5 aliphatic rings. The first-order chi connectivity index (χ1) is 53.3. The molecular weight excluding hydrogens is 1480 g/mol. The first-order valence-electron chi connectivity index (χ1n) is 41.7. The second kappa shape index (κ2) is 41.5. The zero-order valence-electron chi connectivity index (χ0n) is 72.7. The number of piperidine rings is 3. The van der Waals surface area contributed by atoms with Gasteiger partial charge in [-0.15, -0.1) is 0 Å². The number of hydrogen-bond acceptors (Lipinski definition) is 17. The van der Waals surface area contributed by atoms with Crippen LogP contribution in [0.2, 0.25) is 0 Å². The molecule has 16 amide bonds. The summed E-state index contributed by atoms with van der Waals surface area (Å²) in [5, 5.41) is 35.6. The Morgan fingerprint density at radius 2 is 0.826 bits per heavy atom. The number of fused-ring (bicyclic) bond motifs is 1. The average Bonchev–Trinajstić information content (AvgIpc) is 1.26. The van der Waals surface area contributed by atoms with E-state index in [1.54, 1.807) is 25.7 Å². The topological polar surface area (TPSA) is 447 Å². The number of nitrogens with one attached hydrogen (secondary N) is 14. The molecule has 0 aromatic heterocycles. The summed E-state index contributed by atoms with van der Waals surface area (Å²) in [6.07, 6.45) is 9.67. The molecule has 0 aromatic carbocycles. The Morgan fingerprint density at radius 1 is 0.391 bits per heavy atom. The van der Waals surface area contributed by atoms with Crippen molar-refractivity contribution in [2.45, 2.75) is 336 Å². The zero-order valence-corrected chi connectivity index (χ0v) is 72.7. The van der Waals surface area contributed by atoms with E-state index >= 15 is 0 Å². The Balaban J connectivity index is 1.07. The largest absolute Gasteiger partial charge is 0.354 e. The summed E-state index contributed by atoms with van der Waals surface area (Å²) in [6.45, 7) is 37.3. The van der Waals surface area contributed by atoms with Crippen LogP contribution >= 0.6 is 0 Å². The Bertz CT molecular complexity index is 3520. The summed E-state index contributed by atoms with van der Waals surface area (Å²) < 4.78 is 0. The van der Waals surface area contributed by atoms with Gasteiger partial charge in [0.25, 0.3) is 0 Å². The molecule has 0 spiro atoms. The molecular formula is C81H141N18O16+. The van der Waals surface area contributed by atoms with E-state index in [2.05, 4.69) is 87.9 Å². The van der Waals surface area contributed by atoms with Gasteiger partial charge in [-0.1, -0.05) is 48.5 Å². The van der Waals surface area contributed by atoms with E-state index in [1.165, 1.54) is 97.3 Å². The van der Waals surface area contributed by atoms with E-state index in [4.69, 9.17) is 0 Å². The molecule has 5 rings (SSSR count). The van der Waals surface area contributed by atoms with Crippen LogP contribution < -0.4 is 74.0 Å². The van der Waals surface area contributed by atoms with Crippen molar-refractivity contribution in [1.82, 2.24) is 88.7 Å². The number of rotatable bonds is 38. The fraction of sp³-hybridized carbons (Fsp3) is 0.802. The predicted octanol–water partition coefficient (Wildman–Crippen LogP) is -0.155. The summed E-state index contributed by atoms with van der Waals surface area (Å²) >= 11 is 0. The van der Waals surface area contributed by atoms with Gasteiger partial charge in [-0.3, -0.25) is 81.6 Å². The lowest BCUT2D eigenvalue weighted by molar-refractivity contribution is -0.930. The lowest BCUT2D eigenvalue weighted by Gasteiger charge is -2.42. The molecule has 0 aliphatic carbocycles. The second-order valence-electron chi connectivity index (χ2n) is 37.0. The SMILES string of the molecule is CCC(C)(NC(=O)C(CC(C)C)NC(=O)CNC(=O)C(C)(C)NC(=O)C1CCCCN1C(=O)C(C)(C)NC(=O)C(C)(C)NC(=O)CNC(=O)CCNC(=O)C(CC(C)C)NC(=O)C(C)(C)NC(=O)C(C)(C)NC(=O)C1CCCCN1C(=O)C(C)(C)NC(=O)C1CCCCN1C(C)=O)C(=O)NC(CC(C)C)CN1CCC[NH+]2CCCC12. The molecule has 5 fully saturated rings. The number of amides is 16. The van der Waals surface area contributed by atoms with E-state index < -0.39 is 165 Å². The van der Waals surface area contributed by atoms with Crippen molar-refractivity contribution in [1.29, 1.82) is 0 Å². The predicted molar refractivity (Wildman–Crippen MR) is 432 cm³/mol. The van der Waals surface area contributed by atoms with E-state index in [9.17, 15) is 76.7 Å². The van der Waals surface area contributed by atoms with Crippen molar-refractivity contribution in [3.05, 3.63) is 0 Å². The Labute approximate surface area is 680 Å². The van der Waals surface area contributed by atoms with Gasteiger partial charge in [0.15, 0.2) is 0 Å². The lowest BCUT2D eigenvalue weighted by atomic mass is 9.93. The van der Waals surface area contributed by atoms with Gasteiger partial charge in [-0.05, 0) is 191 Å². The highest BCUT2D eigenvalue weighted by atomic mass is 16.2. The van der Waals surface area contributed by atoms with Crippen LogP contribution in [0.4, 0.5) is 0 Å². The fourth-order valence-electron chi connectivity index (χ4n) is 15.6. The van der Waals surface area contributed by atoms with E-state index in [0.29, 0.717) is 57.3 Å². The Hall–Kier alpha value is -8.56. The molecule has 0 radical (unpaired) electrons. The van der Waals surface area contributed by atoms with Crippen molar-refractivity contribution >= 4 is 94.5 Å². The molecule has 34 nitrogen and oxygen atoms in total. The maximum absolute atomic E-state index is 14.4. The normalized spacial score (nSPS) is 20.5. The highest BCUT2D eigenvalue weighted by Gasteiger charge is 2.49.